The molecule has 3 saturated heterocycles. The highest BCUT2D eigenvalue weighted by atomic mass is 16.3. The zero-order valence-corrected chi connectivity index (χ0v) is 33.7. The Labute approximate surface area is 349 Å². The Morgan fingerprint density at radius 1 is 0.783 bits per heavy atom. The molecule has 11 nitrogen and oxygen atoms in total. The summed E-state index contributed by atoms with van der Waals surface area (Å²) in [7, 11) is 0. The van der Waals surface area contributed by atoms with Gasteiger partial charge in [0.25, 0.3) is 11.8 Å². The molecule has 1 aliphatic carbocycles. The smallest absolute Gasteiger partial charge is 0.262 e. The van der Waals surface area contributed by atoms with Gasteiger partial charge in [-0.3, -0.25) is 39.1 Å². The minimum Gasteiger partial charge on any atom is -0.508 e. The van der Waals surface area contributed by atoms with Crippen molar-refractivity contribution >= 4 is 40.3 Å². The van der Waals surface area contributed by atoms with Crippen molar-refractivity contribution in [3.63, 3.8) is 0 Å². The number of imide groups is 2. The number of nitrogens with zero attached hydrogens (tertiary/aromatic N) is 4. The number of carbonyl (C=O) groups is 5. The lowest BCUT2D eigenvalue weighted by atomic mass is 9.71. The Hall–Kier alpha value is -6.07. The summed E-state index contributed by atoms with van der Waals surface area (Å²) < 4.78 is 0. The molecule has 5 amide bonds. The maximum atomic E-state index is 13.7. The molecule has 4 aromatic carbocycles. The Bertz CT molecular complexity index is 2510. The summed E-state index contributed by atoms with van der Waals surface area (Å²) in [5.74, 6) is -1.38. The Morgan fingerprint density at radius 2 is 1.52 bits per heavy atom. The van der Waals surface area contributed by atoms with Crippen LogP contribution < -0.4 is 5.32 Å². The van der Waals surface area contributed by atoms with E-state index in [2.05, 4.69) is 75.8 Å². The summed E-state index contributed by atoms with van der Waals surface area (Å²) in [6.07, 6.45) is 13.1. The topological polar surface area (TPSA) is 131 Å². The van der Waals surface area contributed by atoms with Crippen LogP contribution in [0.1, 0.15) is 88.3 Å². The predicted molar refractivity (Wildman–Crippen MR) is 227 cm³/mol. The van der Waals surface area contributed by atoms with Crippen molar-refractivity contribution in [3.05, 3.63) is 125 Å². The standard InChI is InChI=1S/C49H49N5O6/c55-37-11-13-39-34(26-37)8-12-38(31-4-2-1-3-5-31)45(39)32-6-9-36(10-7-32)52-22-17-49(18-23-52)19-24-53(25-20-49)44(57)30-51-21-16-33-27-40-41(28-35(33)29-51)48(60)54(47(40)59)42-14-15-43(56)50-46(42)58/h1-6,8-13,26-28,32,42,55H,7,14-25,29-30H2,(H,50,56,58). The molecule has 0 aromatic heterocycles. The zero-order valence-electron chi connectivity index (χ0n) is 33.7. The quantitative estimate of drug-likeness (QED) is 0.217. The van der Waals surface area contributed by atoms with E-state index in [1.807, 2.05) is 17.0 Å². The van der Waals surface area contributed by atoms with E-state index in [-0.39, 0.29) is 41.4 Å². The van der Waals surface area contributed by atoms with Crippen LogP contribution in [0.3, 0.4) is 0 Å². The minimum atomic E-state index is -0.993. The summed E-state index contributed by atoms with van der Waals surface area (Å²) in [4.78, 5) is 72.3. The van der Waals surface area contributed by atoms with Gasteiger partial charge in [0.2, 0.25) is 17.7 Å². The largest absolute Gasteiger partial charge is 0.508 e. The third-order valence-corrected chi connectivity index (χ3v) is 14.2. The van der Waals surface area contributed by atoms with E-state index in [1.165, 1.54) is 27.8 Å². The van der Waals surface area contributed by atoms with Crippen LogP contribution in [0.15, 0.2) is 96.7 Å². The normalized spacial score (nSPS) is 22.9. The minimum absolute atomic E-state index is 0.0801. The number of carbonyl (C=O) groups excluding carboxylic acids is 5. The lowest BCUT2D eigenvalue weighted by Gasteiger charge is -2.48. The van der Waals surface area contributed by atoms with Gasteiger partial charge in [0.15, 0.2) is 0 Å². The van der Waals surface area contributed by atoms with E-state index in [1.54, 1.807) is 18.2 Å². The highest BCUT2D eigenvalue weighted by molar-refractivity contribution is 6.23. The number of piperidine rings is 3. The number of phenolic OH excluding ortho intramolecular Hbond substituents is 1. The summed E-state index contributed by atoms with van der Waals surface area (Å²) in [6, 6.07) is 23.1. The number of hydrogen-bond donors (Lipinski definition) is 2. The van der Waals surface area contributed by atoms with Gasteiger partial charge in [0.05, 0.1) is 17.7 Å². The Morgan fingerprint density at radius 3 is 2.23 bits per heavy atom. The first-order valence-corrected chi connectivity index (χ1v) is 21.4. The van der Waals surface area contributed by atoms with Crippen LogP contribution in [0.4, 0.5) is 0 Å². The van der Waals surface area contributed by atoms with Gasteiger partial charge >= 0.3 is 0 Å². The van der Waals surface area contributed by atoms with Gasteiger partial charge in [-0.1, -0.05) is 60.7 Å². The molecule has 10 rings (SSSR count). The first kappa shape index (κ1) is 38.2. The molecular weight excluding hydrogens is 755 g/mol. The van der Waals surface area contributed by atoms with Gasteiger partial charge in [0, 0.05) is 57.3 Å². The second-order valence-electron chi connectivity index (χ2n) is 17.6. The third kappa shape index (κ3) is 6.88. The van der Waals surface area contributed by atoms with Crippen molar-refractivity contribution in [2.75, 3.05) is 39.3 Å². The van der Waals surface area contributed by atoms with E-state index in [0.29, 0.717) is 31.6 Å². The Kier molecular flexibility index (Phi) is 9.66. The number of fused-ring (bicyclic) bond motifs is 3. The van der Waals surface area contributed by atoms with Crippen molar-refractivity contribution in [1.82, 2.24) is 24.9 Å². The summed E-state index contributed by atoms with van der Waals surface area (Å²) in [5.41, 5.74) is 7.77. The van der Waals surface area contributed by atoms with Crippen molar-refractivity contribution in [3.8, 4) is 16.9 Å². The second-order valence-corrected chi connectivity index (χ2v) is 17.6. The number of nitrogens with one attached hydrogen (secondary N) is 1. The molecule has 0 bridgehead atoms. The van der Waals surface area contributed by atoms with Crippen molar-refractivity contribution in [1.29, 1.82) is 0 Å². The summed E-state index contributed by atoms with van der Waals surface area (Å²) >= 11 is 0. The molecule has 306 valence electrons. The number of aromatic hydroxyl groups is 1. The molecular formula is C49H49N5O6. The van der Waals surface area contributed by atoms with Crippen LogP contribution in [-0.2, 0) is 27.3 Å². The third-order valence-electron chi connectivity index (χ3n) is 14.2. The number of allylic oxidation sites excluding steroid dienone is 3. The maximum Gasteiger partial charge on any atom is 0.262 e. The lowest BCUT2D eigenvalue weighted by Crippen LogP contribution is -2.54. The predicted octanol–water partition coefficient (Wildman–Crippen LogP) is 6.30. The molecule has 5 aliphatic heterocycles. The SMILES string of the molecule is O=C1CCC(N2C(=O)c3cc4c(cc3C2=O)CN(CC(=O)N2CCC3(CC2)CCN(C2=CCC(c5c(-c6ccccc6)ccc6cc(O)ccc56)C=C2)CC3)CC4)C(=O)N1. The number of amides is 5. The van der Waals surface area contributed by atoms with Crippen molar-refractivity contribution < 1.29 is 29.1 Å². The number of benzene rings is 4. The monoisotopic (exact) mass is 803 g/mol. The van der Waals surface area contributed by atoms with E-state index < -0.39 is 29.7 Å². The highest BCUT2D eigenvalue weighted by Crippen LogP contribution is 2.44. The van der Waals surface area contributed by atoms with E-state index in [4.69, 9.17) is 0 Å². The second kappa shape index (κ2) is 15.2. The highest BCUT2D eigenvalue weighted by Gasteiger charge is 2.45. The van der Waals surface area contributed by atoms with Crippen LogP contribution in [0.5, 0.6) is 5.75 Å². The van der Waals surface area contributed by atoms with Crippen LogP contribution in [0.25, 0.3) is 21.9 Å². The molecule has 4 aromatic rings. The lowest BCUT2D eigenvalue weighted by molar-refractivity contribution is -0.137. The molecule has 2 N–H and O–H groups in total. The van der Waals surface area contributed by atoms with E-state index in [9.17, 15) is 29.1 Å². The zero-order chi connectivity index (χ0) is 41.1. The van der Waals surface area contributed by atoms with Gasteiger partial charge in [0.1, 0.15) is 11.8 Å². The van der Waals surface area contributed by atoms with Gasteiger partial charge in [-0.05, 0) is 119 Å². The van der Waals surface area contributed by atoms with Crippen LogP contribution in [0, 0.1) is 5.41 Å². The fourth-order valence-electron chi connectivity index (χ4n) is 10.6. The average Bonchev–Trinajstić information content (AvgIpc) is 3.50. The van der Waals surface area contributed by atoms with Crippen LogP contribution >= 0.6 is 0 Å². The molecule has 11 heteroatoms. The number of hydrogen-bond acceptors (Lipinski definition) is 8. The molecule has 2 atom stereocenters. The van der Waals surface area contributed by atoms with Gasteiger partial charge in [-0.2, -0.15) is 0 Å². The van der Waals surface area contributed by atoms with Crippen molar-refractivity contribution in [2.24, 2.45) is 5.41 Å². The molecule has 5 heterocycles. The molecule has 0 saturated carbocycles. The van der Waals surface area contributed by atoms with Crippen molar-refractivity contribution in [2.45, 2.75) is 69.9 Å². The molecule has 3 fully saturated rings. The molecule has 0 radical (unpaired) electrons. The van der Waals surface area contributed by atoms with Gasteiger partial charge in [-0.25, -0.2) is 0 Å². The first-order valence-electron chi connectivity index (χ1n) is 21.4. The fraction of sp³-hybridized carbons (Fsp3) is 0.367. The summed E-state index contributed by atoms with van der Waals surface area (Å²) in [5, 5.41) is 14.7. The van der Waals surface area contributed by atoms with Crippen LogP contribution in [-0.4, -0.2) is 99.6 Å². The number of rotatable bonds is 6. The number of likely N-dealkylation sites (tertiary alicyclic amines) is 2. The molecule has 60 heavy (non-hydrogen) atoms. The van der Waals surface area contributed by atoms with Gasteiger partial charge in [-0.15, -0.1) is 0 Å². The fourth-order valence-corrected chi connectivity index (χ4v) is 10.6. The maximum absolute atomic E-state index is 13.7. The number of phenols is 1. The van der Waals surface area contributed by atoms with Crippen LogP contribution in [0.2, 0.25) is 0 Å². The van der Waals surface area contributed by atoms with Gasteiger partial charge < -0.3 is 14.9 Å². The van der Waals surface area contributed by atoms with E-state index in [0.717, 1.165) is 79.7 Å². The molecule has 2 unspecified atom stereocenters. The average molecular weight is 804 g/mol. The molecule has 1 spiro atoms. The van der Waals surface area contributed by atoms with E-state index >= 15 is 0 Å². The Balaban J connectivity index is 0.731. The molecule has 6 aliphatic rings. The summed E-state index contributed by atoms with van der Waals surface area (Å²) in [6.45, 7) is 5.04. The first-order chi connectivity index (χ1) is 29.1.